The number of benzene rings is 2. The van der Waals surface area contributed by atoms with Gasteiger partial charge in [-0.1, -0.05) is 37.5 Å². The van der Waals surface area contributed by atoms with Crippen molar-refractivity contribution >= 4 is 22.8 Å². The Morgan fingerprint density at radius 3 is 2.81 bits per heavy atom. The first-order valence-corrected chi connectivity index (χ1v) is 10.9. The van der Waals surface area contributed by atoms with Crippen molar-refractivity contribution in [3.8, 4) is 5.75 Å². The molecule has 0 atom stereocenters. The lowest BCUT2D eigenvalue weighted by molar-refractivity contribution is 0.208. The van der Waals surface area contributed by atoms with Crippen LogP contribution in [0.3, 0.4) is 0 Å². The zero-order valence-electron chi connectivity index (χ0n) is 18.0. The summed E-state index contributed by atoms with van der Waals surface area (Å²) in [6.07, 6.45) is 5.24. The zero-order valence-corrected chi connectivity index (χ0v) is 18.0. The normalized spacial score (nSPS) is 17.3. The van der Waals surface area contributed by atoms with Crippen LogP contribution in [0.1, 0.15) is 54.7 Å². The van der Waals surface area contributed by atoms with Crippen molar-refractivity contribution in [3.63, 3.8) is 0 Å². The van der Waals surface area contributed by atoms with Crippen molar-refractivity contribution in [3.05, 3.63) is 52.9 Å². The van der Waals surface area contributed by atoms with Crippen molar-refractivity contribution in [2.75, 3.05) is 12.4 Å². The second-order valence-electron chi connectivity index (χ2n) is 8.54. The lowest BCUT2D eigenvalue weighted by Crippen LogP contribution is -2.52. The molecule has 1 saturated carbocycles. The van der Waals surface area contributed by atoms with Crippen LogP contribution in [0.5, 0.6) is 5.75 Å². The van der Waals surface area contributed by atoms with Crippen molar-refractivity contribution in [1.29, 1.82) is 0 Å². The second kappa shape index (κ2) is 7.89. The van der Waals surface area contributed by atoms with Crippen molar-refractivity contribution in [2.45, 2.75) is 57.7 Å². The van der Waals surface area contributed by atoms with E-state index in [2.05, 4.69) is 16.0 Å². The molecule has 7 heteroatoms. The molecule has 2 aromatic carbocycles. The zero-order chi connectivity index (χ0) is 21.4. The summed E-state index contributed by atoms with van der Waals surface area (Å²) in [6, 6.07) is 9.83. The number of methoxy groups -OCH3 is 1. The van der Waals surface area contributed by atoms with Crippen LogP contribution in [0.2, 0.25) is 0 Å². The molecule has 7 nitrogen and oxygen atoms in total. The first kappa shape index (κ1) is 19.9. The van der Waals surface area contributed by atoms with Gasteiger partial charge in [-0.15, -0.1) is 0 Å². The Kier molecular flexibility index (Phi) is 5.06. The number of hydrogen-bond acceptors (Lipinski definition) is 5. The number of amides is 2. The van der Waals surface area contributed by atoms with Crippen LogP contribution in [0.4, 0.5) is 10.5 Å². The summed E-state index contributed by atoms with van der Waals surface area (Å²) in [5.74, 6) is 1.50. The highest BCUT2D eigenvalue weighted by atomic mass is 16.5. The van der Waals surface area contributed by atoms with Crippen LogP contribution in [0.25, 0.3) is 11.1 Å². The average Bonchev–Trinajstić information content (AvgIpc) is 3.16. The molecule has 1 fully saturated rings. The maximum Gasteiger partial charge on any atom is 0.319 e. The number of carbonyl (C=O) groups excluding carboxylic acids is 1. The highest BCUT2D eigenvalue weighted by Gasteiger charge is 2.43. The first-order chi connectivity index (χ1) is 15.1. The molecule has 0 bridgehead atoms. The molecule has 2 heterocycles. The largest absolute Gasteiger partial charge is 0.496 e. The number of para-hydroxylation sites is 1. The van der Waals surface area contributed by atoms with E-state index in [9.17, 15) is 4.79 Å². The molecule has 2 amide bonds. The van der Waals surface area contributed by atoms with Gasteiger partial charge in [0.25, 0.3) is 0 Å². The fourth-order valence-electron chi connectivity index (χ4n) is 5.04. The minimum Gasteiger partial charge on any atom is -0.496 e. The molecule has 5 rings (SSSR count). The van der Waals surface area contributed by atoms with E-state index in [1.165, 1.54) is 6.42 Å². The predicted molar refractivity (Wildman–Crippen MR) is 119 cm³/mol. The standard InChI is InChI=1S/C24H28N4O3/c1-15-12-17-22(20-21(15)27-23(29)28-24(20)10-6-3-7-11-24)31-19(26-17)14-25-13-16-8-4-5-9-18(16)30-2/h4-5,8-9,12,25H,3,6-7,10-11,13-14H2,1-2H3,(H2,27,28,29). The monoisotopic (exact) mass is 420 g/mol. The molecular weight excluding hydrogens is 392 g/mol. The highest BCUT2D eigenvalue weighted by molar-refractivity contribution is 5.99. The van der Waals surface area contributed by atoms with Gasteiger partial charge in [0, 0.05) is 17.7 Å². The molecule has 3 N–H and O–H groups in total. The summed E-state index contributed by atoms with van der Waals surface area (Å²) in [6.45, 7) is 3.18. The van der Waals surface area contributed by atoms with Crippen molar-refractivity contribution in [2.24, 2.45) is 0 Å². The molecule has 1 aliphatic carbocycles. The Labute approximate surface area is 181 Å². The topological polar surface area (TPSA) is 88.4 Å². The van der Waals surface area contributed by atoms with Crippen molar-refractivity contribution in [1.82, 2.24) is 15.6 Å². The number of nitrogens with zero attached hydrogens (tertiary/aromatic N) is 1. The minimum absolute atomic E-state index is 0.130. The molecule has 1 spiro atoms. The number of anilines is 1. The molecule has 31 heavy (non-hydrogen) atoms. The number of urea groups is 1. The maximum absolute atomic E-state index is 12.4. The summed E-state index contributed by atoms with van der Waals surface area (Å²) >= 11 is 0. The number of nitrogens with one attached hydrogen (secondary N) is 3. The molecule has 1 aliphatic heterocycles. The van der Waals surface area contributed by atoms with Crippen molar-refractivity contribution < 1.29 is 13.9 Å². The highest BCUT2D eigenvalue weighted by Crippen LogP contribution is 2.47. The van der Waals surface area contributed by atoms with Gasteiger partial charge < -0.3 is 25.1 Å². The fraction of sp³-hybridized carbons (Fsp3) is 0.417. The van der Waals surface area contributed by atoms with E-state index in [-0.39, 0.29) is 11.6 Å². The van der Waals surface area contributed by atoms with E-state index in [1.54, 1.807) is 7.11 Å². The Morgan fingerprint density at radius 2 is 2.00 bits per heavy atom. The Hall–Kier alpha value is -3.06. The van der Waals surface area contributed by atoms with Crippen LogP contribution in [0, 0.1) is 6.92 Å². The third kappa shape index (κ3) is 3.53. The van der Waals surface area contributed by atoms with E-state index in [4.69, 9.17) is 14.1 Å². The third-order valence-corrected chi connectivity index (χ3v) is 6.48. The molecule has 2 aliphatic rings. The third-order valence-electron chi connectivity index (χ3n) is 6.48. The van der Waals surface area contributed by atoms with Crippen LogP contribution in [0.15, 0.2) is 34.7 Å². The van der Waals surface area contributed by atoms with Gasteiger partial charge in [-0.25, -0.2) is 9.78 Å². The fourth-order valence-corrected chi connectivity index (χ4v) is 5.04. The second-order valence-corrected chi connectivity index (χ2v) is 8.54. The van der Waals surface area contributed by atoms with Gasteiger partial charge in [-0.2, -0.15) is 0 Å². The van der Waals surface area contributed by atoms with E-state index in [0.717, 1.165) is 64.9 Å². The van der Waals surface area contributed by atoms with E-state index >= 15 is 0 Å². The number of hydrogen-bond donors (Lipinski definition) is 3. The lowest BCUT2D eigenvalue weighted by atomic mass is 9.74. The number of aryl methyl sites for hydroxylation is 1. The Balaban J connectivity index is 1.46. The van der Waals surface area contributed by atoms with Gasteiger partial charge in [0.1, 0.15) is 11.3 Å². The summed E-state index contributed by atoms with van der Waals surface area (Å²) < 4.78 is 11.7. The van der Waals surface area contributed by atoms with Gasteiger partial charge in [-0.05, 0) is 37.5 Å². The quantitative estimate of drug-likeness (QED) is 0.555. The summed E-state index contributed by atoms with van der Waals surface area (Å²) in [4.78, 5) is 17.2. The molecular formula is C24H28N4O3. The van der Waals surface area contributed by atoms with Gasteiger partial charge in [-0.3, -0.25) is 0 Å². The smallest absolute Gasteiger partial charge is 0.319 e. The number of oxazole rings is 1. The van der Waals surface area contributed by atoms with Gasteiger partial charge >= 0.3 is 6.03 Å². The number of aromatic nitrogens is 1. The van der Waals surface area contributed by atoms with E-state index in [1.807, 2.05) is 37.3 Å². The van der Waals surface area contributed by atoms with Crippen LogP contribution in [-0.4, -0.2) is 18.1 Å². The van der Waals surface area contributed by atoms with Gasteiger partial charge in [0.15, 0.2) is 5.58 Å². The van der Waals surface area contributed by atoms with Crippen LogP contribution < -0.4 is 20.7 Å². The van der Waals surface area contributed by atoms with E-state index in [0.29, 0.717) is 19.0 Å². The van der Waals surface area contributed by atoms with E-state index < -0.39 is 0 Å². The molecule has 0 saturated heterocycles. The van der Waals surface area contributed by atoms with Gasteiger partial charge in [0.05, 0.1) is 24.9 Å². The summed E-state index contributed by atoms with van der Waals surface area (Å²) in [7, 11) is 1.68. The molecule has 1 aromatic heterocycles. The van der Waals surface area contributed by atoms with Gasteiger partial charge in [0.2, 0.25) is 5.89 Å². The minimum atomic E-state index is -0.373. The van der Waals surface area contributed by atoms with Crippen LogP contribution >= 0.6 is 0 Å². The molecule has 0 unspecified atom stereocenters. The number of ether oxygens (including phenoxy) is 1. The summed E-state index contributed by atoms with van der Waals surface area (Å²) in [5.41, 5.74) is 5.29. The first-order valence-electron chi connectivity index (χ1n) is 10.9. The summed E-state index contributed by atoms with van der Waals surface area (Å²) in [5, 5.41) is 9.64. The Morgan fingerprint density at radius 1 is 1.19 bits per heavy atom. The number of fused-ring (bicyclic) bond motifs is 4. The Bertz CT molecular complexity index is 1130. The van der Waals surface area contributed by atoms with Crippen LogP contribution in [-0.2, 0) is 18.6 Å². The maximum atomic E-state index is 12.4. The number of rotatable bonds is 5. The molecule has 162 valence electrons. The molecule has 0 radical (unpaired) electrons. The predicted octanol–water partition coefficient (Wildman–Crippen LogP) is 4.73. The average molecular weight is 421 g/mol. The SMILES string of the molecule is COc1ccccc1CNCc1nc2cc(C)c3c(c2o1)C1(CCCCC1)NC(=O)N3. The number of carbonyl (C=O) groups is 1. The molecule has 3 aromatic rings. The lowest BCUT2D eigenvalue weighted by Gasteiger charge is -2.42.